The first-order valence-corrected chi connectivity index (χ1v) is 10.7. The molecule has 2 aromatic carbocycles. The number of aromatic nitrogens is 2. The Balaban J connectivity index is 1.63. The van der Waals surface area contributed by atoms with E-state index in [1.165, 1.54) is 6.07 Å². The van der Waals surface area contributed by atoms with Crippen molar-refractivity contribution in [2.45, 2.75) is 29.8 Å². The Hall–Kier alpha value is -2.07. The van der Waals surface area contributed by atoms with Crippen molar-refractivity contribution in [3.8, 4) is 5.75 Å². The molecule has 4 rings (SSSR count). The van der Waals surface area contributed by atoms with E-state index in [-0.39, 0.29) is 11.4 Å². The quantitative estimate of drug-likeness (QED) is 0.675. The topological polar surface area (TPSA) is 101 Å². The van der Waals surface area contributed by atoms with Crippen molar-refractivity contribution in [3.05, 3.63) is 47.5 Å². The maximum Gasteiger partial charge on any atom is 0.242 e. The Bertz CT molecular complexity index is 1100. The van der Waals surface area contributed by atoms with E-state index in [9.17, 15) is 13.5 Å². The smallest absolute Gasteiger partial charge is 0.242 e. The Morgan fingerprint density at radius 1 is 1.30 bits per heavy atom. The van der Waals surface area contributed by atoms with Gasteiger partial charge in [-0.3, -0.25) is 0 Å². The Morgan fingerprint density at radius 3 is 2.96 bits per heavy atom. The fourth-order valence-corrected chi connectivity index (χ4v) is 5.39. The minimum atomic E-state index is -3.84. The van der Waals surface area contributed by atoms with E-state index in [0.29, 0.717) is 17.5 Å². The highest BCUT2D eigenvalue weighted by Gasteiger charge is 2.36. The third-order valence-corrected chi connectivity index (χ3v) is 6.92. The van der Waals surface area contributed by atoms with E-state index in [1.54, 1.807) is 25.3 Å². The molecule has 142 valence electrons. The molecular weight excluding hydrogens is 386 g/mol. The number of methoxy groups -OCH3 is 1. The van der Waals surface area contributed by atoms with E-state index in [4.69, 9.17) is 4.74 Å². The lowest BCUT2D eigenvalue weighted by Crippen LogP contribution is -2.43. The number of sulfonamides is 1. The van der Waals surface area contributed by atoms with E-state index >= 15 is 0 Å². The minimum Gasteiger partial charge on any atom is -0.497 e. The van der Waals surface area contributed by atoms with Gasteiger partial charge in [-0.1, -0.05) is 12.1 Å². The van der Waals surface area contributed by atoms with Crippen LogP contribution in [0.25, 0.3) is 11.0 Å². The molecule has 0 aliphatic heterocycles. The molecule has 1 heterocycles. The number of aliphatic hydroxyl groups is 1. The number of fused-ring (bicyclic) bond motifs is 2. The second-order valence-corrected chi connectivity index (χ2v) is 8.88. The van der Waals surface area contributed by atoms with Gasteiger partial charge in [-0.05, 0) is 54.7 Å². The van der Waals surface area contributed by atoms with E-state index in [1.807, 2.05) is 12.1 Å². The summed E-state index contributed by atoms with van der Waals surface area (Å²) in [6, 6.07) is 10.3. The summed E-state index contributed by atoms with van der Waals surface area (Å²) >= 11 is 0.969. The van der Waals surface area contributed by atoms with Gasteiger partial charge in [0.2, 0.25) is 10.0 Å². The summed E-state index contributed by atoms with van der Waals surface area (Å²) in [7, 11) is -2.24. The highest BCUT2D eigenvalue weighted by atomic mass is 32.2. The Kier molecular flexibility index (Phi) is 4.63. The summed E-state index contributed by atoms with van der Waals surface area (Å²) in [5.41, 5.74) is 1.34. The van der Waals surface area contributed by atoms with Crippen LogP contribution in [0.15, 0.2) is 41.3 Å². The molecule has 0 saturated carbocycles. The van der Waals surface area contributed by atoms with Crippen LogP contribution in [0.4, 0.5) is 0 Å². The van der Waals surface area contributed by atoms with Crippen LogP contribution in [-0.2, 0) is 22.0 Å². The minimum absolute atomic E-state index is 0.0723. The first-order valence-electron chi connectivity index (χ1n) is 8.54. The molecule has 3 aromatic rings. The van der Waals surface area contributed by atoms with Crippen LogP contribution in [0, 0.1) is 0 Å². The lowest BCUT2D eigenvalue weighted by molar-refractivity contribution is 0.0242. The fraction of sp³-hybridized carbons (Fsp3) is 0.333. The van der Waals surface area contributed by atoms with Crippen LogP contribution >= 0.6 is 11.7 Å². The first-order chi connectivity index (χ1) is 12.9. The molecule has 1 aromatic heterocycles. The monoisotopic (exact) mass is 405 g/mol. The molecule has 1 aliphatic carbocycles. The number of benzene rings is 2. The lowest BCUT2D eigenvalue weighted by Gasteiger charge is -2.34. The second kappa shape index (κ2) is 6.83. The summed E-state index contributed by atoms with van der Waals surface area (Å²) < 4.78 is 41.7. The molecular formula is C18H19N3O4S2. The largest absolute Gasteiger partial charge is 0.497 e. The number of hydrogen-bond donors (Lipinski definition) is 2. The molecule has 1 atom stereocenters. The first kappa shape index (κ1) is 18.3. The SMILES string of the molecule is COc1ccc2c(c1)CCC[C@]2(O)CNS(=O)(=O)c1cccc2nsnc12. The van der Waals surface area contributed by atoms with Gasteiger partial charge in [-0.25, -0.2) is 13.1 Å². The highest BCUT2D eigenvalue weighted by molar-refractivity contribution is 7.89. The molecule has 27 heavy (non-hydrogen) atoms. The van der Waals surface area contributed by atoms with Crippen LogP contribution < -0.4 is 9.46 Å². The number of hydrogen-bond acceptors (Lipinski definition) is 7. The zero-order valence-electron chi connectivity index (χ0n) is 14.7. The standard InChI is InChI=1S/C18H19N3O4S2/c1-25-13-7-8-14-12(10-13)4-3-9-18(14,22)11-19-27(23,24)16-6-2-5-15-17(16)21-26-20-15/h2,5-8,10,19,22H,3-4,9,11H2,1H3/t18-/m0/s1. The average Bonchev–Trinajstić information content (AvgIpc) is 3.15. The van der Waals surface area contributed by atoms with Crippen molar-refractivity contribution in [2.75, 3.05) is 13.7 Å². The van der Waals surface area contributed by atoms with Crippen molar-refractivity contribution in [3.63, 3.8) is 0 Å². The van der Waals surface area contributed by atoms with Gasteiger partial charge in [0.1, 0.15) is 27.3 Å². The van der Waals surface area contributed by atoms with Gasteiger partial charge >= 0.3 is 0 Å². The number of ether oxygens (including phenoxy) is 1. The van der Waals surface area contributed by atoms with Crippen LogP contribution in [0.5, 0.6) is 5.75 Å². The maximum atomic E-state index is 12.8. The van der Waals surface area contributed by atoms with Gasteiger partial charge in [-0.15, -0.1) is 0 Å². The summed E-state index contributed by atoms with van der Waals surface area (Å²) in [5.74, 6) is 0.723. The van der Waals surface area contributed by atoms with Crippen LogP contribution in [-0.4, -0.2) is 35.9 Å². The fourth-order valence-electron chi connectivity index (χ4n) is 3.54. The molecule has 1 aliphatic rings. The van der Waals surface area contributed by atoms with Gasteiger partial charge in [0, 0.05) is 6.54 Å². The third-order valence-electron chi connectivity index (χ3n) is 4.94. The zero-order valence-corrected chi connectivity index (χ0v) is 16.3. The molecule has 0 spiro atoms. The Morgan fingerprint density at radius 2 is 2.15 bits per heavy atom. The maximum absolute atomic E-state index is 12.8. The third kappa shape index (κ3) is 3.31. The van der Waals surface area contributed by atoms with E-state index in [0.717, 1.165) is 41.4 Å². The van der Waals surface area contributed by atoms with Gasteiger partial charge in [0.05, 0.1) is 18.8 Å². The number of rotatable bonds is 5. The molecule has 0 saturated heterocycles. The van der Waals surface area contributed by atoms with E-state index < -0.39 is 15.6 Å². The zero-order chi connectivity index (χ0) is 19.1. The van der Waals surface area contributed by atoms with Gasteiger partial charge in [0.25, 0.3) is 0 Å². The van der Waals surface area contributed by atoms with Gasteiger partial charge in [-0.2, -0.15) is 8.75 Å². The molecule has 0 radical (unpaired) electrons. The van der Waals surface area contributed by atoms with Crippen molar-refractivity contribution in [2.24, 2.45) is 0 Å². The highest BCUT2D eigenvalue weighted by Crippen LogP contribution is 2.37. The second-order valence-electron chi connectivity index (χ2n) is 6.62. The number of nitrogens with one attached hydrogen (secondary N) is 1. The van der Waals surface area contributed by atoms with Gasteiger partial charge < -0.3 is 9.84 Å². The predicted octanol–water partition coefficient (Wildman–Crippen LogP) is 2.20. The summed E-state index contributed by atoms with van der Waals surface area (Å²) in [6.45, 7) is -0.109. The van der Waals surface area contributed by atoms with Crippen LogP contribution in [0.1, 0.15) is 24.0 Å². The number of aryl methyl sites for hydroxylation is 1. The average molecular weight is 406 g/mol. The molecule has 0 bridgehead atoms. The van der Waals surface area contributed by atoms with Crippen molar-refractivity contribution >= 4 is 32.8 Å². The van der Waals surface area contributed by atoms with E-state index in [2.05, 4.69) is 13.5 Å². The van der Waals surface area contributed by atoms with Crippen LogP contribution in [0.2, 0.25) is 0 Å². The summed E-state index contributed by atoms with van der Waals surface area (Å²) in [5, 5.41) is 11.2. The Labute approximate surface area is 161 Å². The molecule has 0 unspecified atom stereocenters. The van der Waals surface area contributed by atoms with Gasteiger partial charge in [0.15, 0.2) is 0 Å². The molecule has 7 nitrogen and oxygen atoms in total. The lowest BCUT2D eigenvalue weighted by atomic mass is 9.79. The number of nitrogens with zero attached hydrogens (tertiary/aromatic N) is 2. The predicted molar refractivity (Wildman–Crippen MR) is 102 cm³/mol. The molecule has 0 fully saturated rings. The summed E-state index contributed by atoms with van der Waals surface area (Å²) in [6.07, 6.45) is 2.08. The van der Waals surface area contributed by atoms with Crippen molar-refractivity contribution in [1.82, 2.24) is 13.5 Å². The molecule has 9 heteroatoms. The molecule has 0 amide bonds. The normalized spacial score (nSPS) is 19.8. The van der Waals surface area contributed by atoms with Crippen molar-refractivity contribution in [1.29, 1.82) is 0 Å². The molecule has 2 N–H and O–H groups in total. The van der Waals surface area contributed by atoms with Crippen LogP contribution in [0.3, 0.4) is 0 Å². The van der Waals surface area contributed by atoms with Crippen molar-refractivity contribution < 1.29 is 18.3 Å². The summed E-state index contributed by atoms with van der Waals surface area (Å²) in [4.78, 5) is 0.0723.